The van der Waals surface area contributed by atoms with E-state index < -0.39 is 0 Å². The molecule has 0 unspecified atom stereocenters. The lowest BCUT2D eigenvalue weighted by atomic mass is 9.84. The SMILES string of the molecule is COc1ccc(Cc2nc3c4c(ncn3n2)Oc2cc(O)ccc2[C@@H]4c2ccccc2)cc1OC. The zero-order valence-electron chi connectivity index (χ0n) is 19.2. The monoisotopic (exact) mass is 466 g/mol. The minimum absolute atomic E-state index is 0.139. The Bertz CT molecular complexity index is 1550. The van der Waals surface area contributed by atoms with Gasteiger partial charge in [0.2, 0.25) is 5.88 Å². The average Bonchev–Trinajstić information content (AvgIpc) is 3.30. The molecule has 5 aromatic rings. The van der Waals surface area contributed by atoms with Gasteiger partial charge in [-0.3, -0.25) is 0 Å². The molecular weight excluding hydrogens is 444 g/mol. The van der Waals surface area contributed by atoms with E-state index in [0.29, 0.717) is 41.0 Å². The molecule has 6 rings (SSSR count). The van der Waals surface area contributed by atoms with Crippen LogP contribution in [0.1, 0.15) is 34.0 Å². The lowest BCUT2D eigenvalue weighted by Gasteiger charge is -2.27. The summed E-state index contributed by atoms with van der Waals surface area (Å²) in [7, 11) is 3.23. The van der Waals surface area contributed by atoms with E-state index in [-0.39, 0.29) is 11.7 Å². The predicted molar refractivity (Wildman–Crippen MR) is 129 cm³/mol. The molecule has 1 N–H and O–H groups in total. The fourth-order valence-electron chi connectivity index (χ4n) is 4.59. The fraction of sp³-hybridized carbons (Fsp3) is 0.148. The van der Waals surface area contributed by atoms with Gasteiger partial charge < -0.3 is 19.3 Å². The number of phenols is 1. The lowest BCUT2D eigenvalue weighted by molar-refractivity contribution is 0.354. The standard InChI is InChI=1S/C27H22N4O4/c1-33-20-11-8-16(12-22(20)34-2)13-23-29-26-25-24(17-6-4-3-5-7-17)19-10-9-18(32)14-21(19)35-27(25)28-15-31(26)30-23/h3-12,14-15,24,32H,13H2,1-2H3/t24-/m0/s1. The van der Waals surface area contributed by atoms with Crippen molar-refractivity contribution in [1.82, 2.24) is 19.6 Å². The summed E-state index contributed by atoms with van der Waals surface area (Å²) in [5.74, 6) is 2.97. The zero-order chi connectivity index (χ0) is 23.9. The first kappa shape index (κ1) is 21.0. The molecule has 0 saturated carbocycles. The molecule has 3 heterocycles. The third kappa shape index (κ3) is 3.59. The van der Waals surface area contributed by atoms with Crippen LogP contribution in [-0.2, 0) is 6.42 Å². The van der Waals surface area contributed by atoms with Crippen molar-refractivity contribution in [3.63, 3.8) is 0 Å². The van der Waals surface area contributed by atoms with E-state index in [4.69, 9.17) is 19.2 Å². The molecule has 174 valence electrons. The van der Waals surface area contributed by atoms with Crippen LogP contribution >= 0.6 is 0 Å². The molecule has 8 nitrogen and oxygen atoms in total. The number of fused-ring (bicyclic) bond motifs is 4. The van der Waals surface area contributed by atoms with E-state index in [1.165, 1.54) is 0 Å². The summed E-state index contributed by atoms with van der Waals surface area (Å²) in [6, 6.07) is 21.1. The molecule has 2 aromatic heterocycles. The number of ether oxygens (including phenoxy) is 3. The second-order valence-corrected chi connectivity index (χ2v) is 8.29. The van der Waals surface area contributed by atoms with Crippen molar-refractivity contribution in [3.05, 3.63) is 101 Å². The summed E-state index contributed by atoms with van der Waals surface area (Å²) in [4.78, 5) is 9.44. The van der Waals surface area contributed by atoms with Crippen molar-refractivity contribution in [2.45, 2.75) is 12.3 Å². The molecule has 0 saturated heterocycles. The van der Waals surface area contributed by atoms with Gasteiger partial charge in [0.05, 0.1) is 19.8 Å². The van der Waals surface area contributed by atoms with Gasteiger partial charge in [-0.1, -0.05) is 42.5 Å². The molecule has 0 amide bonds. The molecule has 3 aromatic carbocycles. The summed E-state index contributed by atoms with van der Waals surface area (Å²) in [5, 5.41) is 14.7. The topological polar surface area (TPSA) is 91.0 Å². The molecule has 1 atom stereocenters. The second-order valence-electron chi connectivity index (χ2n) is 8.29. The minimum atomic E-state index is -0.176. The highest BCUT2D eigenvalue weighted by Crippen LogP contribution is 2.48. The molecule has 8 heteroatoms. The van der Waals surface area contributed by atoms with Crippen LogP contribution in [-0.4, -0.2) is 38.9 Å². The van der Waals surface area contributed by atoms with Crippen LogP contribution in [0.2, 0.25) is 0 Å². The van der Waals surface area contributed by atoms with E-state index in [9.17, 15) is 5.11 Å². The third-order valence-corrected chi connectivity index (χ3v) is 6.18. The number of phenolic OH excluding ortho intramolecular Hbond substituents is 1. The van der Waals surface area contributed by atoms with Crippen LogP contribution < -0.4 is 14.2 Å². The number of hydrogen-bond acceptors (Lipinski definition) is 7. The normalized spacial score (nSPS) is 14.2. The number of aromatic nitrogens is 4. The van der Waals surface area contributed by atoms with E-state index in [1.807, 2.05) is 42.5 Å². The largest absolute Gasteiger partial charge is 0.508 e. The summed E-state index contributed by atoms with van der Waals surface area (Å²) in [6.45, 7) is 0. The maximum absolute atomic E-state index is 10.0. The van der Waals surface area contributed by atoms with Crippen LogP contribution in [0, 0.1) is 0 Å². The molecule has 0 fully saturated rings. The van der Waals surface area contributed by atoms with Gasteiger partial charge in [0, 0.05) is 24.0 Å². The zero-order valence-corrected chi connectivity index (χ0v) is 19.2. The molecule has 1 aliphatic rings. The van der Waals surface area contributed by atoms with Crippen LogP contribution in [0.25, 0.3) is 5.65 Å². The summed E-state index contributed by atoms with van der Waals surface area (Å²) < 4.78 is 18.6. The van der Waals surface area contributed by atoms with Crippen LogP contribution in [0.4, 0.5) is 0 Å². The van der Waals surface area contributed by atoms with Gasteiger partial charge in [-0.25, -0.2) is 14.5 Å². The van der Waals surface area contributed by atoms with E-state index in [1.54, 1.807) is 37.2 Å². The molecule has 35 heavy (non-hydrogen) atoms. The third-order valence-electron chi connectivity index (χ3n) is 6.18. The Morgan fingerprint density at radius 1 is 0.971 bits per heavy atom. The molecule has 0 bridgehead atoms. The number of hydrogen-bond donors (Lipinski definition) is 1. The number of aromatic hydroxyl groups is 1. The van der Waals surface area contributed by atoms with Crippen LogP contribution in [0.3, 0.4) is 0 Å². The van der Waals surface area contributed by atoms with Gasteiger partial charge in [0.15, 0.2) is 23.0 Å². The Kier molecular flexibility index (Phi) is 4.99. The smallest absolute Gasteiger partial charge is 0.228 e. The van der Waals surface area contributed by atoms with Crippen molar-refractivity contribution in [2.24, 2.45) is 0 Å². The van der Waals surface area contributed by atoms with Gasteiger partial charge >= 0.3 is 0 Å². The molecule has 1 aliphatic heterocycles. The molecule has 0 radical (unpaired) electrons. The predicted octanol–water partition coefficient (Wildman–Crippen LogP) is 4.72. The fourth-order valence-corrected chi connectivity index (χ4v) is 4.59. The minimum Gasteiger partial charge on any atom is -0.508 e. The van der Waals surface area contributed by atoms with Crippen molar-refractivity contribution < 1.29 is 19.3 Å². The van der Waals surface area contributed by atoms with E-state index in [2.05, 4.69) is 22.2 Å². The van der Waals surface area contributed by atoms with Crippen molar-refractivity contribution in [1.29, 1.82) is 0 Å². The van der Waals surface area contributed by atoms with Gasteiger partial charge in [-0.05, 0) is 29.3 Å². The number of benzene rings is 3. The Morgan fingerprint density at radius 2 is 1.80 bits per heavy atom. The van der Waals surface area contributed by atoms with Gasteiger partial charge in [0.1, 0.15) is 17.8 Å². The summed E-state index contributed by atoms with van der Waals surface area (Å²) in [6.07, 6.45) is 2.12. The highest BCUT2D eigenvalue weighted by Gasteiger charge is 2.33. The van der Waals surface area contributed by atoms with Gasteiger partial charge in [-0.2, -0.15) is 0 Å². The van der Waals surface area contributed by atoms with Gasteiger partial charge in [-0.15, -0.1) is 5.10 Å². The Morgan fingerprint density at radius 3 is 2.60 bits per heavy atom. The molecule has 0 spiro atoms. The average molecular weight is 466 g/mol. The molecule has 0 aliphatic carbocycles. The Hall–Kier alpha value is -4.59. The molecular formula is C27H22N4O4. The first-order valence-electron chi connectivity index (χ1n) is 11.2. The van der Waals surface area contributed by atoms with Crippen molar-refractivity contribution in [3.8, 4) is 28.9 Å². The van der Waals surface area contributed by atoms with E-state index in [0.717, 1.165) is 22.3 Å². The number of rotatable bonds is 5. The highest BCUT2D eigenvalue weighted by atomic mass is 16.5. The van der Waals surface area contributed by atoms with E-state index >= 15 is 0 Å². The number of nitrogens with zero attached hydrogens (tertiary/aromatic N) is 4. The van der Waals surface area contributed by atoms with Crippen molar-refractivity contribution in [2.75, 3.05) is 14.2 Å². The van der Waals surface area contributed by atoms with Gasteiger partial charge in [0.25, 0.3) is 0 Å². The number of methoxy groups -OCH3 is 2. The lowest BCUT2D eigenvalue weighted by Crippen LogP contribution is -2.14. The first-order chi connectivity index (χ1) is 17.1. The highest BCUT2D eigenvalue weighted by molar-refractivity contribution is 5.66. The Balaban J connectivity index is 1.47. The van der Waals surface area contributed by atoms with Crippen LogP contribution in [0.5, 0.6) is 28.9 Å². The maximum atomic E-state index is 10.0. The first-order valence-corrected chi connectivity index (χ1v) is 11.2. The maximum Gasteiger partial charge on any atom is 0.228 e. The summed E-state index contributed by atoms with van der Waals surface area (Å²) >= 11 is 0. The van der Waals surface area contributed by atoms with Crippen LogP contribution in [0.15, 0.2) is 73.1 Å². The Labute approximate surface area is 201 Å². The quantitative estimate of drug-likeness (QED) is 0.393. The summed E-state index contributed by atoms with van der Waals surface area (Å²) in [5.41, 5.74) is 4.52. The van der Waals surface area contributed by atoms with Crippen molar-refractivity contribution >= 4 is 5.65 Å². The second kappa shape index (κ2) is 8.32.